The van der Waals surface area contributed by atoms with E-state index in [2.05, 4.69) is 4.72 Å². The maximum Gasteiger partial charge on any atom is 0.240 e. The molecule has 1 aromatic rings. The van der Waals surface area contributed by atoms with Crippen LogP contribution in [0.2, 0.25) is 0 Å². The Morgan fingerprint density at radius 3 is 2.16 bits per heavy atom. The quantitative estimate of drug-likeness (QED) is 0.633. The Balaban J connectivity index is 2.85. The van der Waals surface area contributed by atoms with Gasteiger partial charge < -0.3 is 9.47 Å². The second-order valence-corrected chi connectivity index (χ2v) is 9.68. The number of sulfonamides is 2. The monoisotopic (exact) mass is 394 g/mol. The molecule has 10 heteroatoms. The highest BCUT2D eigenvalue weighted by Crippen LogP contribution is 2.29. The zero-order valence-corrected chi connectivity index (χ0v) is 16.8. The summed E-state index contributed by atoms with van der Waals surface area (Å²) >= 11 is 0. The summed E-state index contributed by atoms with van der Waals surface area (Å²) in [5.41, 5.74) is 0. The number of hydrogen-bond donors (Lipinski definition) is 1. The molecule has 0 aliphatic carbocycles. The molecule has 0 aliphatic rings. The van der Waals surface area contributed by atoms with E-state index in [0.717, 1.165) is 6.26 Å². The second kappa shape index (κ2) is 8.84. The topological polar surface area (TPSA) is 102 Å². The van der Waals surface area contributed by atoms with Gasteiger partial charge in [0, 0.05) is 25.7 Å². The summed E-state index contributed by atoms with van der Waals surface area (Å²) in [6.45, 7) is 4.15. The van der Waals surface area contributed by atoms with Gasteiger partial charge in [-0.3, -0.25) is 0 Å². The van der Waals surface area contributed by atoms with Gasteiger partial charge in [-0.15, -0.1) is 0 Å². The molecule has 0 spiro atoms. The van der Waals surface area contributed by atoms with E-state index in [0.29, 0.717) is 18.0 Å². The van der Waals surface area contributed by atoms with Crippen LogP contribution >= 0.6 is 0 Å². The molecule has 0 saturated carbocycles. The number of ether oxygens (including phenoxy) is 2. The Morgan fingerprint density at radius 2 is 1.68 bits per heavy atom. The van der Waals surface area contributed by atoms with Crippen molar-refractivity contribution < 1.29 is 26.3 Å². The van der Waals surface area contributed by atoms with Gasteiger partial charge in [0.25, 0.3) is 0 Å². The zero-order valence-electron chi connectivity index (χ0n) is 15.1. The fraction of sp³-hybridized carbons (Fsp3) is 0.600. The van der Waals surface area contributed by atoms with Crippen LogP contribution in [-0.2, 0) is 20.0 Å². The first-order valence-electron chi connectivity index (χ1n) is 7.68. The molecule has 0 atom stereocenters. The van der Waals surface area contributed by atoms with Crippen LogP contribution in [0.1, 0.15) is 13.8 Å². The SMILES string of the molecule is COc1ccc(S(=O)(=O)NCCN(CC(C)C)S(C)(=O)=O)cc1OC. The third-order valence-electron chi connectivity index (χ3n) is 3.36. The van der Waals surface area contributed by atoms with E-state index in [9.17, 15) is 16.8 Å². The van der Waals surface area contributed by atoms with Crippen molar-refractivity contribution in [1.29, 1.82) is 0 Å². The zero-order chi connectivity index (χ0) is 19.3. The second-order valence-electron chi connectivity index (χ2n) is 5.93. The standard InChI is InChI=1S/C15H26N2O6S2/c1-12(2)11-17(24(5,18)19)9-8-16-25(20,21)13-6-7-14(22-3)15(10-13)23-4/h6-7,10,12,16H,8-9,11H2,1-5H3. The Hall–Kier alpha value is -1.36. The number of benzene rings is 1. The maximum absolute atomic E-state index is 12.4. The molecule has 0 bridgehead atoms. The first kappa shape index (κ1) is 21.7. The summed E-state index contributed by atoms with van der Waals surface area (Å²) in [5, 5.41) is 0. The smallest absolute Gasteiger partial charge is 0.240 e. The number of rotatable bonds is 10. The molecule has 0 unspecified atom stereocenters. The summed E-state index contributed by atoms with van der Waals surface area (Å²) in [6.07, 6.45) is 1.11. The molecule has 1 rings (SSSR count). The summed E-state index contributed by atoms with van der Waals surface area (Å²) in [5.74, 6) is 0.849. The molecular weight excluding hydrogens is 368 g/mol. The lowest BCUT2D eigenvalue weighted by Crippen LogP contribution is -2.39. The van der Waals surface area contributed by atoms with Crippen LogP contribution < -0.4 is 14.2 Å². The third-order valence-corrected chi connectivity index (χ3v) is 6.08. The van der Waals surface area contributed by atoms with Gasteiger partial charge in [-0.2, -0.15) is 0 Å². The number of hydrogen-bond acceptors (Lipinski definition) is 6. The minimum Gasteiger partial charge on any atom is -0.493 e. The minimum atomic E-state index is -3.79. The van der Waals surface area contributed by atoms with Crippen molar-refractivity contribution in [3.8, 4) is 11.5 Å². The molecule has 0 aromatic heterocycles. The molecule has 0 heterocycles. The third kappa shape index (κ3) is 6.46. The molecule has 0 radical (unpaired) electrons. The van der Waals surface area contributed by atoms with Crippen LogP contribution in [0.25, 0.3) is 0 Å². The van der Waals surface area contributed by atoms with Gasteiger partial charge in [0.1, 0.15) is 0 Å². The van der Waals surface area contributed by atoms with Crippen LogP contribution in [0.15, 0.2) is 23.1 Å². The number of nitrogens with one attached hydrogen (secondary N) is 1. The van der Waals surface area contributed by atoms with Crippen molar-refractivity contribution in [2.45, 2.75) is 18.7 Å². The van der Waals surface area contributed by atoms with E-state index in [-0.39, 0.29) is 23.9 Å². The van der Waals surface area contributed by atoms with Crippen molar-refractivity contribution in [2.24, 2.45) is 5.92 Å². The van der Waals surface area contributed by atoms with Gasteiger partial charge in [-0.1, -0.05) is 13.8 Å². The van der Waals surface area contributed by atoms with Gasteiger partial charge >= 0.3 is 0 Å². The number of methoxy groups -OCH3 is 2. The summed E-state index contributed by atoms with van der Waals surface area (Å²) in [6, 6.07) is 4.24. The largest absolute Gasteiger partial charge is 0.493 e. The minimum absolute atomic E-state index is 0.0138. The van der Waals surface area contributed by atoms with E-state index in [4.69, 9.17) is 9.47 Å². The molecule has 0 amide bonds. The Morgan fingerprint density at radius 1 is 1.08 bits per heavy atom. The maximum atomic E-state index is 12.4. The normalized spacial score (nSPS) is 12.6. The first-order valence-corrected chi connectivity index (χ1v) is 11.0. The summed E-state index contributed by atoms with van der Waals surface area (Å²) < 4.78 is 62.1. The van der Waals surface area contributed by atoms with Gasteiger partial charge in [-0.25, -0.2) is 25.9 Å². The lowest BCUT2D eigenvalue weighted by Gasteiger charge is -2.22. The van der Waals surface area contributed by atoms with Crippen LogP contribution in [0, 0.1) is 5.92 Å². The Kier molecular flexibility index (Phi) is 7.66. The number of nitrogens with zero attached hydrogens (tertiary/aromatic N) is 1. The van der Waals surface area contributed by atoms with E-state index in [1.165, 1.54) is 36.7 Å². The Labute approximate surface area is 150 Å². The van der Waals surface area contributed by atoms with Crippen LogP contribution in [0.5, 0.6) is 11.5 Å². The van der Waals surface area contributed by atoms with Crippen LogP contribution in [-0.4, -0.2) is 61.3 Å². The van der Waals surface area contributed by atoms with E-state index >= 15 is 0 Å². The van der Waals surface area contributed by atoms with E-state index in [1.807, 2.05) is 13.8 Å². The molecule has 0 aliphatic heterocycles. The predicted molar refractivity (Wildman–Crippen MR) is 96.0 cm³/mol. The van der Waals surface area contributed by atoms with Crippen molar-refractivity contribution in [3.05, 3.63) is 18.2 Å². The molecule has 0 saturated heterocycles. The average molecular weight is 395 g/mol. The highest BCUT2D eigenvalue weighted by molar-refractivity contribution is 7.89. The Bertz CT molecular complexity index is 775. The molecular formula is C15H26N2O6S2. The van der Waals surface area contributed by atoms with Gasteiger partial charge in [-0.05, 0) is 18.1 Å². The molecule has 8 nitrogen and oxygen atoms in total. The van der Waals surface area contributed by atoms with Crippen molar-refractivity contribution >= 4 is 20.0 Å². The first-order chi connectivity index (χ1) is 11.5. The fourth-order valence-corrected chi connectivity index (χ4v) is 4.20. The average Bonchev–Trinajstić information content (AvgIpc) is 2.51. The van der Waals surface area contributed by atoms with E-state index < -0.39 is 20.0 Å². The van der Waals surface area contributed by atoms with Crippen LogP contribution in [0.4, 0.5) is 0 Å². The van der Waals surface area contributed by atoms with E-state index in [1.54, 1.807) is 0 Å². The fourth-order valence-electron chi connectivity index (χ4n) is 2.17. The van der Waals surface area contributed by atoms with Crippen LogP contribution in [0.3, 0.4) is 0 Å². The van der Waals surface area contributed by atoms with Crippen molar-refractivity contribution in [1.82, 2.24) is 9.03 Å². The predicted octanol–water partition coefficient (Wildman–Crippen LogP) is 0.900. The molecule has 0 fully saturated rings. The lowest BCUT2D eigenvalue weighted by molar-refractivity contribution is 0.353. The summed E-state index contributed by atoms with van der Waals surface area (Å²) in [4.78, 5) is 0.0138. The van der Waals surface area contributed by atoms with Gasteiger partial charge in [0.15, 0.2) is 11.5 Å². The summed E-state index contributed by atoms with van der Waals surface area (Å²) in [7, 11) is -4.32. The molecule has 25 heavy (non-hydrogen) atoms. The molecule has 1 aromatic carbocycles. The van der Waals surface area contributed by atoms with Crippen molar-refractivity contribution in [3.63, 3.8) is 0 Å². The molecule has 1 N–H and O–H groups in total. The highest BCUT2D eigenvalue weighted by atomic mass is 32.2. The van der Waals surface area contributed by atoms with Gasteiger partial charge in [0.2, 0.25) is 20.0 Å². The van der Waals surface area contributed by atoms with Gasteiger partial charge in [0.05, 0.1) is 25.4 Å². The molecule has 144 valence electrons. The lowest BCUT2D eigenvalue weighted by atomic mass is 10.2. The van der Waals surface area contributed by atoms with Crippen molar-refractivity contribution in [2.75, 3.05) is 40.1 Å². The highest BCUT2D eigenvalue weighted by Gasteiger charge is 2.20.